The van der Waals surface area contributed by atoms with Crippen LogP contribution in [-0.4, -0.2) is 48.5 Å². The summed E-state index contributed by atoms with van der Waals surface area (Å²) in [5.74, 6) is 0. The number of hydrogen-bond acceptors (Lipinski definition) is 4. The van der Waals surface area contributed by atoms with E-state index in [9.17, 15) is 0 Å². The van der Waals surface area contributed by atoms with Gasteiger partial charge in [0, 0.05) is 44.3 Å². The summed E-state index contributed by atoms with van der Waals surface area (Å²) in [6.07, 6.45) is 7.72. The molecular weight excluding hydrogens is 630 g/mol. The van der Waals surface area contributed by atoms with E-state index in [-0.39, 0.29) is 30.4 Å². The van der Waals surface area contributed by atoms with Crippen molar-refractivity contribution in [2.24, 2.45) is 0 Å². The number of aromatic nitrogens is 4. The summed E-state index contributed by atoms with van der Waals surface area (Å²) >= 11 is 0. The van der Waals surface area contributed by atoms with Crippen LogP contribution in [0.3, 0.4) is 0 Å². The largest absolute Gasteiger partial charge is 0.412 e. The smallest absolute Gasteiger partial charge is 0.0931 e. The first-order valence-corrected chi connectivity index (χ1v) is 17.0. The Bertz CT molecular complexity index is 1110. The normalized spacial score (nSPS) is 10.7. The molecule has 0 spiro atoms. The van der Waals surface area contributed by atoms with Crippen LogP contribution in [0.15, 0.2) is 85.5 Å². The maximum absolute atomic E-state index is 4.60. The number of nitrogens with zero attached hydrogens (tertiary/aromatic N) is 4. The molecule has 0 aliphatic rings. The molecule has 0 saturated carbocycles. The molecule has 0 bridgehead atoms. The van der Waals surface area contributed by atoms with Crippen molar-refractivity contribution in [3.63, 3.8) is 0 Å². The zero-order valence-electron chi connectivity index (χ0n) is 25.5. The van der Waals surface area contributed by atoms with E-state index in [1.165, 1.54) is 10.4 Å². The monoisotopic (exact) mass is 676 g/mol. The zero-order chi connectivity index (χ0) is 27.7. The minimum atomic E-state index is -0.537. The topological polar surface area (TPSA) is 115 Å². The van der Waals surface area contributed by atoms with Crippen LogP contribution in [0.4, 0.5) is 0 Å². The van der Waals surface area contributed by atoms with Gasteiger partial charge in [0.2, 0.25) is 0 Å². The molecule has 0 atom stereocenters. The van der Waals surface area contributed by atoms with E-state index in [2.05, 4.69) is 112 Å². The van der Waals surface area contributed by atoms with Crippen LogP contribution in [0.1, 0.15) is 55.4 Å². The maximum atomic E-state index is 4.60. The Morgan fingerprint density at radius 2 is 0.756 bits per heavy atom. The molecule has 4 rings (SSSR count). The third kappa shape index (κ3) is 11.1. The van der Waals surface area contributed by atoms with E-state index in [1.807, 2.05) is 48.8 Å². The van der Waals surface area contributed by atoms with E-state index in [4.69, 9.17) is 0 Å². The van der Waals surface area contributed by atoms with E-state index < -0.39 is 17.6 Å². The van der Waals surface area contributed by atoms with Gasteiger partial charge in [0.25, 0.3) is 0 Å². The maximum Gasteiger partial charge on any atom is 0.0931 e. The van der Waals surface area contributed by atoms with Gasteiger partial charge in [0.1, 0.15) is 0 Å². The molecule has 4 heterocycles. The molecule has 0 fully saturated rings. The third-order valence-electron chi connectivity index (χ3n) is 6.54. The second-order valence-corrected chi connectivity index (χ2v) is 18.4. The predicted octanol–water partition coefficient (Wildman–Crippen LogP) is 5.68. The Labute approximate surface area is 263 Å². The van der Waals surface area contributed by atoms with Crippen molar-refractivity contribution in [1.82, 2.24) is 19.9 Å². The Morgan fingerprint density at radius 3 is 0.976 bits per heavy atom. The average molecular weight is 676 g/mol. The molecule has 222 valence electrons. The average Bonchev–Trinajstić information content (AvgIpc) is 2.90. The first-order chi connectivity index (χ1) is 18.2. The molecule has 0 amide bonds. The van der Waals surface area contributed by atoms with Crippen molar-refractivity contribution in [2.45, 2.75) is 77.6 Å². The second kappa shape index (κ2) is 18.9. The van der Waals surface area contributed by atoms with Gasteiger partial charge in [0.05, 0.1) is 40.4 Å². The van der Waals surface area contributed by atoms with Gasteiger partial charge in [-0.1, -0.05) is 79.7 Å². The first kappa shape index (κ1) is 38.6. The molecular formula is C32H46N4O2RuSi2. The molecule has 41 heavy (non-hydrogen) atoms. The Hall–Kier alpha value is -2.42. The summed E-state index contributed by atoms with van der Waals surface area (Å²) in [6.45, 7) is 18.6. The van der Waals surface area contributed by atoms with Gasteiger partial charge < -0.3 is 11.0 Å². The molecule has 0 aliphatic heterocycles. The number of pyridine rings is 4. The Morgan fingerprint density at radius 1 is 0.439 bits per heavy atom. The molecule has 0 aliphatic carbocycles. The molecule has 6 nitrogen and oxygen atoms in total. The van der Waals surface area contributed by atoms with Gasteiger partial charge in [-0.05, 0) is 68.9 Å². The fourth-order valence-corrected chi connectivity index (χ4v) is 11.4. The van der Waals surface area contributed by atoms with Crippen molar-refractivity contribution in [3.05, 3.63) is 85.5 Å². The fourth-order valence-electron chi connectivity index (χ4n) is 5.13. The van der Waals surface area contributed by atoms with Crippen LogP contribution in [0.25, 0.3) is 22.8 Å². The van der Waals surface area contributed by atoms with E-state index in [0.717, 1.165) is 44.9 Å². The van der Waals surface area contributed by atoms with Crippen molar-refractivity contribution in [2.75, 3.05) is 0 Å². The number of hydrogen-bond donors (Lipinski definition) is 0. The second-order valence-electron chi connectivity index (χ2n) is 10.8. The molecule has 2 radical (unpaired) electrons. The van der Waals surface area contributed by atoms with E-state index in [0.29, 0.717) is 0 Å². The molecule has 9 heteroatoms. The van der Waals surface area contributed by atoms with Crippen LogP contribution in [0, 0.1) is 0 Å². The first-order valence-electron chi connectivity index (χ1n) is 13.7. The summed E-state index contributed by atoms with van der Waals surface area (Å²) in [5.41, 5.74) is 6.71. The van der Waals surface area contributed by atoms with Gasteiger partial charge in [-0.2, -0.15) is 0 Å². The molecule has 0 aromatic carbocycles. The van der Waals surface area contributed by atoms with E-state index >= 15 is 0 Å². The summed E-state index contributed by atoms with van der Waals surface area (Å²) in [6, 6.07) is 20.5. The molecule has 4 aromatic rings. The fraction of sp³-hybridized carbons (Fsp3) is 0.375. The van der Waals surface area contributed by atoms with Crippen molar-refractivity contribution in [3.8, 4) is 22.8 Å². The molecule has 4 N–H and O–H groups in total. The van der Waals surface area contributed by atoms with Crippen LogP contribution in [0.2, 0.25) is 22.2 Å². The summed E-state index contributed by atoms with van der Waals surface area (Å²) in [4.78, 5) is 17.9. The quantitative estimate of drug-likeness (QED) is 0.224. The minimum absolute atomic E-state index is 0. The summed E-state index contributed by atoms with van der Waals surface area (Å²) in [5, 5.41) is 2.85. The van der Waals surface area contributed by atoms with Crippen molar-refractivity contribution >= 4 is 28.0 Å². The molecule has 0 unspecified atom stereocenters. The number of rotatable bonds is 8. The third-order valence-corrected chi connectivity index (χ3v) is 13.4. The van der Waals surface area contributed by atoms with Crippen molar-refractivity contribution in [1.29, 1.82) is 0 Å². The van der Waals surface area contributed by atoms with Gasteiger partial charge in [-0.15, -0.1) is 0 Å². The molecule has 0 saturated heterocycles. The van der Waals surface area contributed by atoms with Gasteiger partial charge in [0.15, 0.2) is 0 Å². The van der Waals surface area contributed by atoms with Crippen molar-refractivity contribution < 1.29 is 30.4 Å². The zero-order valence-corrected chi connectivity index (χ0v) is 29.3. The van der Waals surface area contributed by atoms with Crippen LogP contribution < -0.4 is 10.4 Å². The Kier molecular flexibility index (Phi) is 17.8. The van der Waals surface area contributed by atoms with Crippen LogP contribution >= 0.6 is 0 Å². The standard InChI is InChI=1S/2C16H21N2Si.2H2O.Ru/c2*1-12(2)19(13(3)4)14-8-9-16(18-11-14)15-7-5-6-10-17-15;;;/h2*5-13H,1-4H3;2*1H2;. The minimum Gasteiger partial charge on any atom is -0.412 e. The van der Waals surface area contributed by atoms with E-state index in [1.54, 1.807) is 0 Å². The summed E-state index contributed by atoms with van der Waals surface area (Å²) < 4.78 is 0. The Balaban J connectivity index is 0.000000727. The predicted molar refractivity (Wildman–Crippen MR) is 173 cm³/mol. The van der Waals surface area contributed by atoms with Crippen LogP contribution in [-0.2, 0) is 19.5 Å². The summed E-state index contributed by atoms with van der Waals surface area (Å²) in [7, 11) is -1.07. The van der Waals surface area contributed by atoms with Gasteiger partial charge in [-0.3, -0.25) is 19.9 Å². The van der Waals surface area contributed by atoms with Crippen LogP contribution in [0.5, 0.6) is 0 Å². The SMILES string of the molecule is CC(C)[Si](c1ccc(-c2ccccn2)nc1)C(C)C.CC(C)[Si](c1ccc(-c2ccccn2)nc1)C(C)C.O.O.[Ru]. The van der Waals surface area contributed by atoms with Gasteiger partial charge >= 0.3 is 0 Å². The van der Waals surface area contributed by atoms with Gasteiger partial charge in [-0.25, -0.2) is 0 Å². The molecule has 4 aromatic heterocycles.